The fraction of sp³-hybridized carbons (Fsp3) is 0.238. The van der Waals surface area contributed by atoms with Gasteiger partial charge in [-0.2, -0.15) is 0 Å². The first-order chi connectivity index (χ1) is 15.0. The smallest absolute Gasteiger partial charge is 0.245 e. The number of aromatic nitrogens is 3. The molecule has 1 aromatic carbocycles. The van der Waals surface area contributed by atoms with Crippen molar-refractivity contribution in [2.75, 3.05) is 23.7 Å². The molecule has 0 atom stereocenters. The van der Waals surface area contributed by atoms with E-state index in [0.717, 1.165) is 12.8 Å². The largest absolute Gasteiger partial charge is 0.367 e. The highest BCUT2D eigenvalue weighted by Crippen LogP contribution is 2.32. The number of pyridine rings is 1. The molecule has 7 nitrogen and oxygen atoms in total. The molecule has 0 unspecified atom stereocenters. The van der Waals surface area contributed by atoms with Gasteiger partial charge in [-0.05, 0) is 37.1 Å². The van der Waals surface area contributed by atoms with Crippen molar-refractivity contribution in [1.29, 1.82) is 0 Å². The van der Waals surface area contributed by atoms with Crippen LogP contribution in [0.15, 0.2) is 43.4 Å². The van der Waals surface area contributed by atoms with Gasteiger partial charge in [0, 0.05) is 24.5 Å². The Bertz CT molecular complexity index is 1150. The Labute approximate surface area is 188 Å². The molecule has 0 bridgehead atoms. The number of likely N-dealkylation sites (tertiary alicyclic amines) is 1. The number of carbonyl (C=O) groups excluding carboxylic acids is 1. The van der Waals surface area contributed by atoms with Crippen LogP contribution in [0.5, 0.6) is 0 Å². The Morgan fingerprint density at radius 2 is 2.00 bits per heavy atom. The molecule has 10 heteroatoms. The van der Waals surface area contributed by atoms with E-state index in [4.69, 9.17) is 23.2 Å². The zero-order valence-electron chi connectivity index (χ0n) is 16.4. The number of nitrogens with zero attached hydrogens (tertiary/aromatic N) is 4. The van der Waals surface area contributed by atoms with E-state index in [1.807, 2.05) is 6.07 Å². The van der Waals surface area contributed by atoms with Gasteiger partial charge in [-0.3, -0.25) is 4.79 Å². The molecule has 0 saturated carbocycles. The fourth-order valence-corrected chi connectivity index (χ4v) is 3.78. The van der Waals surface area contributed by atoms with E-state index in [0.29, 0.717) is 35.6 Å². The summed E-state index contributed by atoms with van der Waals surface area (Å²) in [6.07, 6.45) is 5.94. The van der Waals surface area contributed by atoms with Crippen LogP contribution in [0.4, 0.5) is 21.7 Å². The van der Waals surface area contributed by atoms with Gasteiger partial charge < -0.3 is 15.5 Å². The van der Waals surface area contributed by atoms with Crippen molar-refractivity contribution in [2.24, 2.45) is 0 Å². The minimum Gasteiger partial charge on any atom is -0.367 e. The number of halogens is 3. The molecule has 1 saturated heterocycles. The van der Waals surface area contributed by atoms with Crippen molar-refractivity contribution in [3.8, 4) is 0 Å². The fourth-order valence-electron chi connectivity index (χ4n) is 3.47. The Hall–Kier alpha value is -2.97. The van der Waals surface area contributed by atoms with Crippen LogP contribution in [0.1, 0.15) is 12.8 Å². The molecule has 0 aliphatic carbocycles. The van der Waals surface area contributed by atoms with Crippen molar-refractivity contribution in [2.45, 2.75) is 18.9 Å². The summed E-state index contributed by atoms with van der Waals surface area (Å²) in [5.41, 5.74) is 0.759. The predicted molar refractivity (Wildman–Crippen MR) is 120 cm³/mol. The monoisotopic (exact) mass is 460 g/mol. The van der Waals surface area contributed by atoms with Gasteiger partial charge in [0.2, 0.25) is 5.91 Å². The SMILES string of the molecule is C=CC(=O)N1CCC(Nc2cc3c(Nc4ccc(Cl)c(Cl)c4F)ncnc3cn2)CC1. The lowest BCUT2D eigenvalue weighted by molar-refractivity contribution is -0.126. The third-order valence-corrected chi connectivity index (χ3v) is 5.92. The second-order valence-electron chi connectivity index (χ2n) is 7.10. The van der Waals surface area contributed by atoms with Gasteiger partial charge in [0.15, 0.2) is 5.82 Å². The van der Waals surface area contributed by atoms with Gasteiger partial charge in [-0.25, -0.2) is 19.3 Å². The third kappa shape index (κ3) is 4.55. The minimum absolute atomic E-state index is 0.0512. The maximum absolute atomic E-state index is 14.5. The maximum atomic E-state index is 14.5. The summed E-state index contributed by atoms with van der Waals surface area (Å²) in [4.78, 5) is 26.4. The number of rotatable bonds is 5. The third-order valence-electron chi connectivity index (χ3n) is 5.14. The van der Waals surface area contributed by atoms with E-state index < -0.39 is 5.82 Å². The molecular weight excluding hydrogens is 442 g/mol. The Morgan fingerprint density at radius 1 is 1.23 bits per heavy atom. The van der Waals surface area contributed by atoms with Crippen molar-refractivity contribution in [3.05, 3.63) is 59.2 Å². The summed E-state index contributed by atoms with van der Waals surface area (Å²) < 4.78 is 14.5. The summed E-state index contributed by atoms with van der Waals surface area (Å²) in [6.45, 7) is 4.84. The molecule has 2 N–H and O–H groups in total. The molecule has 1 aliphatic heterocycles. The van der Waals surface area contributed by atoms with Crippen molar-refractivity contribution in [1.82, 2.24) is 19.9 Å². The first-order valence-electron chi connectivity index (χ1n) is 9.65. The molecular formula is C21H19Cl2FN6O. The van der Waals surface area contributed by atoms with E-state index in [9.17, 15) is 9.18 Å². The maximum Gasteiger partial charge on any atom is 0.245 e. The molecule has 3 heterocycles. The van der Waals surface area contributed by atoms with Crippen LogP contribution in [0, 0.1) is 5.82 Å². The number of amides is 1. The molecule has 160 valence electrons. The molecule has 1 aliphatic rings. The second kappa shape index (κ2) is 9.03. The van der Waals surface area contributed by atoms with Crippen LogP contribution in [-0.2, 0) is 4.79 Å². The van der Waals surface area contributed by atoms with Crippen LogP contribution in [0.3, 0.4) is 0 Å². The lowest BCUT2D eigenvalue weighted by Crippen LogP contribution is -2.41. The average Bonchev–Trinajstić information content (AvgIpc) is 2.79. The Balaban J connectivity index is 1.55. The number of benzene rings is 1. The molecule has 3 aromatic rings. The van der Waals surface area contributed by atoms with Gasteiger partial charge >= 0.3 is 0 Å². The van der Waals surface area contributed by atoms with Gasteiger partial charge in [0.1, 0.15) is 18.0 Å². The van der Waals surface area contributed by atoms with Gasteiger partial charge in [-0.1, -0.05) is 29.8 Å². The van der Waals surface area contributed by atoms with Gasteiger partial charge in [0.25, 0.3) is 0 Å². The number of carbonyl (C=O) groups is 1. The summed E-state index contributed by atoms with van der Waals surface area (Å²) in [7, 11) is 0. The zero-order valence-corrected chi connectivity index (χ0v) is 17.9. The summed E-state index contributed by atoms with van der Waals surface area (Å²) in [5, 5.41) is 7.01. The topological polar surface area (TPSA) is 83.0 Å². The number of hydrogen-bond acceptors (Lipinski definition) is 6. The summed E-state index contributed by atoms with van der Waals surface area (Å²) in [6, 6.07) is 4.99. The number of hydrogen-bond donors (Lipinski definition) is 2. The molecule has 0 spiro atoms. The first-order valence-corrected chi connectivity index (χ1v) is 10.4. The second-order valence-corrected chi connectivity index (χ2v) is 7.89. The van der Waals surface area contributed by atoms with Crippen LogP contribution in [-0.4, -0.2) is 44.9 Å². The normalized spacial score (nSPS) is 14.5. The quantitative estimate of drug-likeness (QED) is 0.420. The lowest BCUT2D eigenvalue weighted by Gasteiger charge is -2.32. The average molecular weight is 461 g/mol. The van der Waals surface area contributed by atoms with E-state index >= 15 is 0 Å². The number of anilines is 3. The molecule has 2 aromatic heterocycles. The first kappa shape index (κ1) is 21.3. The highest BCUT2D eigenvalue weighted by molar-refractivity contribution is 6.42. The van der Waals surface area contributed by atoms with E-state index in [1.165, 1.54) is 24.5 Å². The predicted octanol–water partition coefficient (Wildman–Crippen LogP) is 4.80. The molecule has 31 heavy (non-hydrogen) atoms. The van der Waals surface area contributed by atoms with Crippen LogP contribution in [0.25, 0.3) is 10.9 Å². The highest BCUT2D eigenvalue weighted by atomic mass is 35.5. The zero-order chi connectivity index (χ0) is 22.0. The highest BCUT2D eigenvalue weighted by Gasteiger charge is 2.22. The van der Waals surface area contributed by atoms with E-state index in [1.54, 1.807) is 11.1 Å². The number of piperidine rings is 1. The Morgan fingerprint density at radius 3 is 2.74 bits per heavy atom. The van der Waals surface area contributed by atoms with Crippen LogP contribution in [0.2, 0.25) is 10.0 Å². The van der Waals surface area contributed by atoms with Crippen LogP contribution >= 0.6 is 23.2 Å². The van der Waals surface area contributed by atoms with Gasteiger partial charge in [-0.15, -0.1) is 0 Å². The number of nitrogens with one attached hydrogen (secondary N) is 2. The van der Waals surface area contributed by atoms with Crippen molar-refractivity contribution >= 4 is 57.3 Å². The van der Waals surface area contributed by atoms with E-state index in [-0.39, 0.29) is 27.7 Å². The standard InChI is InChI=1S/C21H19Cl2FN6O/c1-2-18(31)30-7-5-12(6-8-30)28-17-9-13-16(10-25-17)26-11-27-21(13)29-15-4-3-14(22)19(23)20(15)24/h2-4,9-12H,1,5-8H2,(H,25,28)(H,26,27,29). The van der Waals surface area contributed by atoms with E-state index in [2.05, 4.69) is 32.2 Å². The molecule has 0 radical (unpaired) electrons. The van der Waals surface area contributed by atoms with Crippen molar-refractivity contribution in [3.63, 3.8) is 0 Å². The van der Waals surface area contributed by atoms with Crippen LogP contribution < -0.4 is 10.6 Å². The molecule has 1 fully saturated rings. The number of fused-ring (bicyclic) bond motifs is 1. The lowest BCUT2D eigenvalue weighted by atomic mass is 10.0. The molecule has 4 rings (SSSR count). The molecule has 1 amide bonds. The minimum atomic E-state index is -0.658. The van der Waals surface area contributed by atoms with Crippen molar-refractivity contribution < 1.29 is 9.18 Å². The Kier molecular flexibility index (Phi) is 6.20. The summed E-state index contributed by atoms with van der Waals surface area (Å²) >= 11 is 11.8. The summed E-state index contributed by atoms with van der Waals surface area (Å²) in [5.74, 6) is 0.353. The van der Waals surface area contributed by atoms with Gasteiger partial charge in [0.05, 0.1) is 27.4 Å².